The van der Waals surface area contributed by atoms with Gasteiger partial charge in [0.1, 0.15) is 23.2 Å². The van der Waals surface area contributed by atoms with Crippen LogP contribution in [0.15, 0.2) is 59.1 Å². The van der Waals surface area contributed by atoms with Crippen LogP contribution >= 0.6 is 0 Å². The number of amidine groups is 1. The Morgan fingerprint density at radius 1 is 1.03 bits per heavy atom. The van der Waals surface area contributed by atoms with E-state index in [0.717, 1.165) is 25.7 Å². The third-order valence-electron chi connectivity index (χ3n) is 5.14. The lowest BCUT2D eigenvalue weighted by atomic mass is 10.0. The molecule has 32 heavy (non-hydrogen) atoms. The predicted molar refractivity (Wildman–Crippen MR) is 123 cm³/mol. The van der Waals surface area contributed by atoms with Crippen molar-refractivity contribution < 1.29 is 14.3 Å². The van der Waals surface area contributed by atoms with Crippen molar-refractivity contribution in [2.24, 2.45) is 4.99 Å². The van der Waals surface area contributed by atoms with Crippen molar-refractivity contribution in [1.29, 1.82) is 5.26 Å². The number of rotatable bonds is 8. The third kappa shape index (κ3) is 5.22. The van der Waals surface area contributed by atoms with E-state index < -0.39 is 5.91 Å². The second-order valence-electron chi connectivity index (χ2n) is 7.34. The summed E-state index contributed by atoms with van der Waals surface area (Å²) >= 11 is 0. The van der Waals surface area contributed by atoms with Gasteiger partial charge in [0, 0.05) is 23.2 Å². The molecule has 0 saturated carbocycles. The van der Waals surface area contributed by atoms with Crippen LogP contribution in [-0.2, 0) is 4.79 Å². The number of aliphatic imine (C=N–C) groups is 1. The fourth-order valence-electron chi connectivity index (χ4n) is 3.39. The summed E-state index contributed by atoms with van der Waals surface area (Å²) < 4.78 is 5.12. The molecule has 2 amide bonds. The van der Waals surface area contributed by atoms with E-state index in [1.54, 1.807) is 49.6 Å². The molecule has 0 spiro atoms. The van der Waals surface area contributed by atoms with Gasteiger partial charge in [-0.1, -0.05) is 50.5 Å². The summed E-state index contributed by atoms with van der Waals surface area (Å²) in [6.45, 7) is 2.63. The second-order valence-corrected chi connectivity index (χ2v) is 7.34. The molecule has 164 valence electrons. The lowest BCUT2D eigenvalue weighted by molar-refractivity contribution is -0.117. The van der Waals surface area contributed by atoms with Gasteiger partial charge in [0.2, 0.25) is 0 Å². The minimum atomic E-state index is -0.458. The number of fused-ring (bicyclic) bond motifs is 1. The van der Waals surface area contributed by atoms with Crippen LogP contribution < -0.4 is 15.4 Å². The van der Waals surface area contributed by atoms with Crippen LogP contribution in [0, 0.1) is 11.3 Å². The van der Waals surface area contributed by atoms with Gasteiger partial charge < -0.3 is 15.4 Å². The summed E-state index contributed by atoms with van der Waals surface area (Å²) in [5.41, 5.74) is 1.93. The van der Waals surface area contributed by atoms with Crippen LogP contribution in [0.3, 0.4) is 0 Å². The first kappa shape index (κ1) is 22.8. The zero-order chi connectivity index (χ0) is 22.9. The summed E-state index contributed by atoms with van der Waals surface area (Å²) in [5, 5.41) is 15.3. The zero-order valence-electron chi connectivity index (χ0n) is 18.3. The first-order valence-corrected chi connectivity index (χ1v) is 10.7. The van der Waals surface area contributed by atoms with E-state index in [-0.39, 0.29) is 17.2 Å². The van der Waals surface area contributed by atoms with E-state index >= 15 is 0 Å². The van der Waals surface area contributed by atoms with E-state index in [2.05, 4.69) is 22.5 Å². The summed E-state index contributed by atoms with van der Waals surface area (Å²) in [6.07, 6.45) is 4.10. The van der Waals surface area contributed by atoms with E-state index in [1.165, 1.54) is 0 Å². The third-order valence-corrected chi connectivity index (χ3v) is 5.14. The number of nitrogens with zero attached hydrogens (tertiary/aromatic N) is 2. The van der Waals surface area contributed by atoms with Crippen molar-refractivity contribution in [2.45, 2.75) is 32.6 Å². The van der Waals surface area contributed by atoms with Crippen molar-refractivity contribution in [1.82, 2.24) is 10.6 Å². The maximum atomic E-state index is 12.7. The Hall–Kier alpha value is -3.92. The molecule has 7 heteroatoms. The highest BCUT2D eigenvalue weighted by Gasteiger charge is 2.27. The monoisotopic (exact) mass is 430 g/mol. The van der Waals surface area contributed by atoms with Crippen LogP contribution in [0.4, 0.5) is 0 Å². The minimum absolute atomic E-state index is 0.0679. The number of benzene rings is 2. The Kier molecular flexibility index (Phi) is 7.76. The minimum Gasteiger partial charge on any atom is -0.497 e. The van der Waals surface area contributed by atoms with E-state index in [0.29, 0.717) is 34.8 Å². The summed E-state index contributed by atoms with van der Waals surface area (Å²) in [5.74, 6) is 0.149. The number of ether oxygens (including phenoxy) is 1. The van der Waals surface area contributed by atoms with Crippen LogP contribution in [0.25, 0.3) is 5.70 Å². The molecule has 1 aliphatic heterocycles. The van der Waals surface area contributed by atoms with Gasteiger partial charge >= 0.3 is 0 Å². The molecule has 0 unspecified atom stereocenters. The number of carbonyl (C=O) groups is 2. The van der Waals surface area contributed by atoms with Gasteiger partial charge in [-0.15, -0.1) is 0 Å². The number of hydrogen-bond acceptors (Lipinski definition) is 5. The highest BCUT2D eigenvalue weighted by Crippen LogP contribution is 2.30. The number of nitrogens with one attached hydrogen (secondary N) is 2. The Balaban J connectivity index is 1.83. The SMILES string of the molecule is CCCCCCNC(=O)C(C#N)=C1N=C(NC(=O)c2ccc(OC)cc2)c2ccccc21. The largest absolute Gasteiger partial charge is 0.497 e. The molecule has 3 rings (SSSR count). The lowest BCUT2D eigenvalue weighted by Crippen LogP contribution is -2.30. The molecule has 0 saturated heterocycles. The molecular formula is C25H26N4O3. The van der Waals surface area contributed by atoms with Gasteiger partial charge in [-0.25, -0.2) is 4.99 Å². The van der Waals surface area contributed by atoms with E-state index in [9.17, 15) is 14.9 Å². The molecule has 0 aromatic heterocycles. The van der Waals surface area contributed by atoms with Crippen LogP contribution in [-0.4, -0.2) is 31.3 Å². The van der Waals surface area contributed by atoms with Gasteiger partial charge in [-0.05, 0) is 30.7 Å². The summed E-state index contributed by atoms with van der Waals surface area (Å²) in [4.78, 5) is 29.8. The Bertz CT molecular complexity index is 1090. The molecule has 7 nitrogen and oxygen atoms in total. The molecule has 0 aliphatic carbocycles. The Morgan fingerprint density at radius 2 is 1.75 bits per heavy atom. The molecule has 0 fully saturated rings. The van der Waals surface area contributed by atoms with Crippen molar-refractivity contribution in [3.63, 3.8) is 0 Å². The summed E-state index contributed by atoms with van der Waals surface area (Å²) in [6, 6.07) is 15.9. The second kappa shape index (κ2) is 10.9. The standard InChI is InChI=1S/C25H26N4O3/c1-3-4-5-8-15-27-25(31)21(16-26)22-19-9-6-7-10-20(19)23(28-22)29-24(30)17-11-13-18(32-2)14-12-17/h6-7,9-14H,3-5,8,15H2,1-2H3,(H,27,31)(H,28,29,30). The maximum absolute atomic E-state index is 12.7. The molecule has 1 heterocycles. The molecule has 0 radical (unpaired) electrons. The number of nitriles is 1. The average molecular weight is 431 g/mol. The number of methoxy groups -OCH3 is 1. The van der Waals surface area contributed by atoms with Crippen molar-refractivity contribution in [3.05, 3.63) is 70.8 Å². The smallest absolute Gasteiger partial charge is 0.264 e. The van der Waals surface area contributed by atoms with E-state index in [4.69, 9.17) is 4.74 Å². The molecule has 2 aromatic rings. The number of unbranched alkanes of at least 4 members (excludes halogenated alkanes) is 3. The average Bonchev–Trinajstić information content (AvgIpc) is 3.17. The van der Waals surface area contributed by atoms with Crippen LogP contribution in [0.5, 0.6) is 5.75 Å². The van der Waals surface area contributed by atoms with Gasteiger partial charge in [-0.3, -0.25) is 9.59 Å². The van der Waals surface area contributed by atoms with Crippen LogP contribution in [0.1, 0.15) is 54.1 Å². The Morgan fingerprint density at radius 3 is 2.41 bits per heavy atom. The normalized spacial score (nSPS) is 13.5. The van der Waals surface area contributed by atoms with Crippen molar-refractivity contribution >= 4 is 23.3 Å². The fourth-order valence-corrected chi connectivity index (χ4v) is 3.39. The first-order valence-electron chi connectivity index (χ1n) is 10.7. The highest BCUT2D eigenvalue weighted by molar-refractivity contribution is 6.20. The van der Waals surface area contributed by atoms with Gasteiger partial charge in [0.25, 0.3) is 11.8 Å². The highest BCUT2D eigenvalue weighted by atomic mass is 16.5. The van der Waals surface area contributed by atoms with E-state index in [1.807, 2.05) is 12.1 Å². The van der Waals surface area contributed by atoms with Gasteiger partial charge in [0.15, 0.2) is 0 Å². The summed E-state index contributed by atoms with van der Waals surface area (Å²) in [7, 11) is 1.56. The number of amides is 2. The first-order chi connectivity index (χ1) is 15.6. The Labute approximate surface area is 187 Å². The number of carbonyl (C=O) groups excluding carboxylic acids is 2. The number of hydrogen-bond donors (Lipinski definition) is 2. The van der Waals surface area contributed by atoms with Crippen molar-refractivity contribution in [3.8, 4) is 11.8 Å². The molecule has 2 N–H and O–H groups in total. The molecule has 0 atom stereocenters. The fraction of sp³-hybridized carbons (Fsp3) is 0.280. The molecule has 2 aromatic carbocycles. The molecule has 1 aliphatic rings. The molecular weight excluding hydrogens is 404 g/mol. The predicted octanol–water partition coefficient (Wildman–Crippen LogP) is 3.82. The van der Waals surface area contributed by atoms with Crippen LogP contribution in [0.2, 0.25) is 0 Å². The van der Waals surface area contributed by atoms with Crippen molar-refractivity contribution in [2.75, 3.05) is 13.7 Å². The lowest BCUT2D eigenvalue weighted by Gasteiger charge is -2.07. The van der Waals surface area contributed by atoms with Gasteiger partial charge in [-0.2, -0.15) is 5.26 Å². The zero-order valence-corrected chi connectivity index (χ0v) is 18.3. The van der Waals surface area contributed by atoms with Gasteiger partial charge in [0.05, 0.1) is 12.8 Å². The quantitative estimate of drug-likeness (QED) is 0.377. The maximum Gasteiger partial charge on any atom is 0.264 e. The molecule has 0 bridgehead atoms. The topological polar surface area (TPSA) is 104 Å².